The van der Waals surface area contributed by atoms with Gasteiger partial charge in [0.1, 0.15) is 5.75 Å². The molecule has 0 aliphatic rings. The van der Waals surface area contributed by atoms with E-state index in [-0.39, 0.29) is 18.9 Å². The molecule has 0 atom stereocenters. The normalized spacial score (nSPS) is 11.1. The molecule has 0 unspecified atom stereocenters. The standard InChI is InChI=1S/C13H17F3N2O3/c1-9-10(17-12(20)18(2)6-7-19)4-3-5-11(9)21-8-13(14,15)16/h3-5,19H,6-8H2,1-2H3,(H,17,20). The van der Waals surface area contributed by atoms with E-state index >= 15 is 0 Å². The zero-order valence-corrected chi connectivity index (χ0v) is 11.7. The van der Waals surface area contributed by atoms with E-state index in [0.717, 1.165) is 0 Å². The number of carbonyl (C=O) groups excluding carboxylic acids is 1. The van der Waals surface area contributed by atoms with E-state index in [1.165, 1.54) is 24.1 Å². The average molecular weight is 306 g/mol. The second-order valence-electron chi connectivity index (χ2n) is 4.41. The second-order valence-corrected chi connectivity index (χ2v) is 4.41. The second kappa shape index (κ2) is 7.16. The highest BCUT2D eigenvalue weighted by Crippen LogP contribution is 2.27. The van der Waals surface area contributed by atoms with Gasteiger partial charge in [0.15, 0.2) is 6.61 Å². The van der Waals surface area contributed by atoms with Crippen LogP contribution >= 0.6 is 0 Å². The Hall–Kier alpha value is -1.96. The molecule has 0 aliphatic carbocycles. The molecule has 2 amide bonds. The quantitative estimate of drug-likeness (QED) is 0.878. The molecule has 0 saturated carbocycles. The summed E-state index contributed by atoms with van der Waals surface area (Å²) in [5.41, 5.74) is 0.747. The van der Waals surface area contributed by atoms with Gasteiger partial charge in [0, 0.05) is 24.8 Å². The molecule has 21 heavy (non-hydrogen) atoms. The summed E-state index contributed by atoms with van der Waals surface area (Å²) >= 11 is 0. The highest BCUT2D eigenvalue weighted by Gasteiger charge is 2.28. The van der Waals surface area contributed by atoms with Crippen LogP contribution in [0.4, 0.5) is 23.7 Å². The smallest absolute Gasteiger partial charge is 0.422 e. The Balaban J connectivity index is 2.78. The Morgan fingerprint density at radius 3 is 2.67 bits per heavy atom. The number of alkyl halides is 3. The van der Waals surface area contributed by atoms with Crippen molar-refractivity contribution in [1.82, 2.24) is 4.90 Å². The number of anilines is 1. The van der Waals surface area contributed by atoms with E-state index in [0.29, 0.717) is 11.3 Å². The highest BCUT2D eigenvalue weighted by atomic mass is 19.4. The maximum Gasteiger partial charge on any atom is 0.422 e. The summed E-state index contributed by atoms with van der Waals surface area (Å²) in [7, 11) is 1.49. The largest absolute Gasteiger partial charge is 0.484 e. The van der Waals surface area contributed by atoms with E-state index in [9.17, 15) is 18.0 Å². The lowest BCUT2D eigenvalue weighted by molar-refractivity contribution is -0.153. The number of urea groups is 1. The summed E-state index contributed by atoms with van der Waals surface area (Å²) in [6, 6.07) is 3.97. The Bertz CT molecular complexity index is 492. The number of halogens is 3. The van der Waals surface area contributed by atoms with Crippen molar-refractivity contribution in [1.29, 1.82) is 0 Å². The number of likely N-dealkylation sites (N-methyl/N-ethyl adjacent to an activating group) is 1. The van der Waals surface area contributed by atoms with Crippen molar-refractivity contribution in [3.05, 3.63) is 23.8 Å². The van der Waals surface area contributed by atoms with Crippen LogP contribution in [0.1, 0.15) is 5.56 Å². The van der Waals surface area contributed by atoms with Gasteiger partial charge in [-0.05, 0) is 19.1 Å². The number of carbonyl (C=O) groups is 1. The van der Waals surface area contributed by atoms with Crippen molar-refractivity contribution in [2.24, 2.45) is 0 Å². The van der Waals surface area contributed by atoms with Gasteiger partial charge in [0.2, 0.25) is 0 Å². The summed E-state index contributed by atoms with van der Waals surface area (Å²) in [4.78, 5) is 13.0. The van der Waals surface area contributed by atoms with Crippen LogP contribution in [0.25, 0.3) is 0 Å². The maximum atomic E-state index is 12.1. The number of rotatable bonds is 5. The lowest BCUT2D eigenvalue weighted by Gasteiger charge is -2.19. The summed E-state index contributed by atoms with van der Waals surface area (Å²) < 4.78 is 41.1. The van der Waals surface area contributed by atoms with E-state index in [2.05, 4.69) is 5.32 Å². The van der Waals surface area contributed by atoms with Crippen molar-refractivity contribution >= 4 is 11.7 Å². The predicted octanol–water partition coefficient (Wildman–Crippen LogP) is 2.39. The van der Waals surface area contributed by atoms with Crippen LogP contribution in [0, 0.1) is 6.92 Å². The lowest BCUT2D eigenvalue weighted by atomic mass is 10.2. The van der Waals surface area contributed by atoms with Crippen LogP contribution in [0.5, 0.6) is 5.75 Å². The number of benzene rings is 1. The molecule has 0 aliphatic heterocycles. The molecular weight excluding hydrogens is 289 g/mol. The average Bonchev–Trinajstić information content (AvgIpc) is 2.39. The monoisotopic (exact) mass is 306 g/mol. The van der Waals surface area contributed by atoms with E-state index in [1.807, 2.05) is 0 Å². The molecule has 5 nitrogen and oxygen atoms in total. The molecule has 118 valence electrons. The fourth-order valence-corrected chi connectivity index (χ4v) is 1.53. The van der Waals surface area contributed by atoms with Gasteiger partial charge < -0.3 is 20.1 Å². The summed E-state index contributed by atoms with van der Waals surface area (Å²) in [5.74, 6) is 0.0509. The van der Waals surface area contributed by atoms with Gasteiger partial charge in [-0.25, -0.2) is 4.79 Å². The molecule has 0 aromatic heterocycles. The third kappa shape index (κ3) is 5.50. The lowest BCUT2D eigenvalue weighted by Crippen LogP contribution is -2.33. The fraction of sp³-hybridized carbons (Fsp3) is 0.462. The molecule has 0 bridgehead atoms. The minimum absolute atomic E-state index is 0.0509. The van der Waals surface area contributed by atoms with Crippen molar-refractivity contribution in [3.63, 3.8) is 0 Å². The number of amides is 2. The SMILES string of the molecule is Cc1c(NC(=O)N(C)CCO)cccc1OCC(F)(F)F. The van der Waals surface area contributed by atoms with Crippen LogP contribution in [0.3, 0.4) is 0 Å². The fourth-order valence-electron chi connectivity index (χ4n) is 1.53. The summed E-state index contributed by atoms with van der Waals surface area (Å²) in [5, 5.41) is 11.3. The van der Waals surface area contributed by atoms with Crippen molar-refractivity contribution in [2.45, 2.75) is 13.1 Å². The molecule has 1 rings (SSSR count). The highest BCUT2D eigenvalue weighted by molar-refractivity contribution is 5.90. The van der Waals surface area contributed by atoms with Gasteiger partial charge >= 0.3 is 12.2 Å². The van der Waals surface area contributed by atoms with Crippen LogP contribution < -0.4 is 10.1 Å². The number of nitrogens with one attached hydrogen (secondary N) is 1. The molecule has 0 heterocycles. The molecule has 0 fully saturated rings. The Kier molecular flexibility index (Phi) is 5.83. The van der Waals surface area contributed by atoms with Crippen LogP contribution in [-0.2, 0) is 0 Å². The zero-order chi connectivity index (χ0) is 16.0. The number of aliphatic hydroxyl groups excluding tert-OH is 1. The van der Waals surface area contributed by atoms with Crippen molar-refractivity contribution in [3.8, 4) is 5.75 Å². The van der Waals surface area contributed by atoms with Gasteiger partial charge in [0.05, 0.1) is 6.61 Å². The molecule has 0 saturated heterocycles. The molecule has 2 N–H and O–H groups in total. The minimum atomic E-state index is -4.42. The molecule has 0 radical (unpaired) electrons. The topological polar surface area (TPSA) is 61.8 Å². The number of ether oxygens (including phenoxy) is 1. The van der Waals surface area contributed by atoms with E-state index < -0.39 is 18.8 Å². The summed E-state index contributed by atoms with van der Waals surface area (Å²) in [6.45, 7) is 0.121. The van der Waals surface area contributed by atoms with Gasteiger partial charge in [-0.1, -0.05) is 6.07 Å². The summed E-state index contributed by atoms with van der Waals surface area (Å²) in [6.07, 6.45) is -4.42. The van der Waals surface area contributed by atoms with Crippen LogP contribution in [0.2, 0.25) is 0 Å². The van der Waals surface area contributed by atoms with Gasteiger partial charge in [0.25, 0.3) is 0 Å². The number of hydrogen-bond acceptors (Lipinski definition) is 3. The number of hydrogen-bond donors (Lipinski definition) is 2. The van der Waals surface area contributed by atoms with Crippen molar-refractivity contribution in [2.75, 3.05) is 32.1 Å². The maximum absolute atomic E-state index is 12.1. The Morgan fingerprint density at radius 1 is 1.43 bits per heavy atom. The van der Waals surface area contributed by atoms with Crippen LogP contribution in [0.15, 0.2) is 18.2 Å². The van der Waals surface area contributed by atoms with Gasteiger partial charge in [-0.15, -0.1) is 0 Å². The first-order chi connectivity index (χ1) is 9.74. The first kappa shape index (κ1) is 17.1. The van der Waals surface area contributed by atoms with Gasteiger partial charge in [-0.2, -0.15) is 13.2 Å². The van der Waals surface area contributed by atoms with E-state index in [1.54, 1.807) is 13.0 Å². The minimum Gasteiger partial charge on any atom is -0.484 e. The number of nitrogens with zero attached hydrogens (tertiary/aromatic N) is 1. The molecular formula is C13H17F3N2O3. The Labute approximate surface area is 120 Å². The molecule has 8 heteroatoms. The molecule has 1 aromatic rings. The van der Waals surface area contributed by atoms with Crippen molar-refractivity contribution < 1.29 is 27.8 Å². The third-order valence-corrected chi connectivity index (χ3v) is 2.70. The number of aliphatic hydroxyl groups is 1. The first-order valence-electron chi connectivity index (χ1n) is 6.16. The molecule has 0 spiro atoms. The van der Waals surface area contributed by atoms with E-state index in [4.69, 9.17) is 9.84 Å². The first-order valence-corrected chi connectivity index (χ1v) is 6.16. The van der Waals surface area contributed by atoms with Crippen LogP contribution in [-0.4, -0.2) is 49.0 Å². The molecule has 1 aromatic carbocycles. The zero-order valence-electron chi connectivity index (χ0n) is 11.7. The third-order valence-electron chi connectivity index (χ3n) is 2.70. The van der Waals surface area contributed by atoms with Gasteiger partial charge in [-0.3, -0.25) is 0 Å². The Morgan fingerprint density at radius 2 is 2.10 bits per heavy atom. The predicted molar refractivity (Wildman–Crippen MR) is 71.5 cm³/mol.